The molecule has 0 aromatic rings. The SMILES string of the molecule is N[13C](=O)O. The normalized spacial score (nSPS) is 6.00. The molecule has 0 bridgehead atoms. The predicted octanol–water partition coefficient (Wildman–Crippen LogP) is -0.377. The van der Waals surface area contributed by atoms with Crippen LogP contribution >= 0.6 is 0 Å². The van der Waals surface area contributed by atoms with Gasteiger partial charge in [0.1, 0.15) is 0 Å². The molecule has 24 valence electrons. The number of carboxylic acid groups (broad SMARTS) is 1. The van der Waals surface area contributed by atoms with Gasteiger partial charge in [0, 0.05) is 0 Å². The highest BCUT2D eigenvalue weighted by atomic mass is 16.5. The van der Waals surface area contributed by atoms with Crippen molar-refractivity contribution < 1.29 is 9.90 Å². The number of amides is 1. The third-order valence-electron chi connectivity index (χ3n) is 0. The fourth-order valence-electron chi connectivity index (χ4n) is 0. The van der Waals surface area contributed by atoms with Crippen LogP contribution in [0.1, 0.15) is 0 Å². The lowest BCUT2D eigenvalue weighted by molar-refractivity contribution is 0.205. The lowest BCUT2D eigenvalue weighted by Crippen LogP contribution is -2.03. The van der Waals surface area contributed by atoms with Crippen LogP contribution in [0.5, 0.6) is 0 Å². The molecule has 0 spiro atoms. The Hall–Kier alpha value is -0.730. The topological polar surface area (TPSA) is 63.3 Å². The average Bonchev–Trinajstić information content (AvgIpc) is 0.811. The molecule has 0 rings (SSSR count). The minimum atomic E-state index is -1.33. The molecule has 0 fully saturated rings. The maximum absolute atomic E-state index is 8.78. The zero-order chi connectivity index (χ0) is 3.58. The summed E-state index contributed by atoms with van der Waals surface area (Å²) in [5, 5.41) is 7.19. The van der Waals surface area contributed by atoms with Gasteiger partial charge in [0.25, 0.3) is 0 Å². The molecule has 0 atom stereocenters. The second-order valence-electron chi connectivity index (χ2n) is 0.338. The summed E-state index contributed by atoms with van der Waals surface area (Å²) in [5.41, 5.74) is 4.03. The zero-order valence-corrected chi connectivity index (χ0v) is 1.93. The van der Waals surface area contributed by atoms with Gasteiger partial charge in [-0.15, -0.1) is 0 Å². The molecule has 0 aliphatic carbocycles. The summed E-state index contributed by atoms with van der Waals surface area (Å²) >= 11 is 0. The summed E-state index contributed by atoms with van der Waals surface area (Å²) in [5.74, 6) is 0. The number of nitrogens with two attached hydrogens (primary N) is 1. The van der Waals surface area contributed by atoms with E-state index in [-0.39, 0.29) is 0 Å². The predicted molar refractivity (Wildman–Crippen MR) is 12.2 cm³/mol. The van der Waals surface area contributed by atoms with E-state index < -0.39 is 6.09 Å². The van der Waals surface area contributed by atoms with Gasteiger partial charge in [-0.2, -0.15) is 0 Å². The minimum absolute atomic E-state index is 1.33. The molecule has 4 heavy (non-hydrogen) atoms. The van der Waals surface area contributed by atoms with Gasteiger partial charge >= 0.3 is 6.09 Å². The zero-order valence-electron chi connectivity index (χ0n) is 1.93. The van der Waals surface area contributed by atoms with E-state index in [9.17, 15) is 0 Å². The van der Waals surface area contributed by atoms with Crippen LogP contribution in [-0.2, 0) is 0 Å². The number of primary amides is 1. The van der Waals surface area contributed by atoms with Crippen LogP contribution in [0.2, 0.25) is 0 Å². The number of hydrogen-bond acceptors (Lipinski definition) is 1. The smallest absolute Gasteiger partial charge is 0.402 e. The van der Waals surface area contributed by atoms with E-state index in [0.717, 1.165) is 0 Å². The first-order valence-corrected chi connectivity index (χ1v) is 0.716. The molecular weight excluding hydrogens is 59.0 g/mol. The average molecular weight is 62.0 g/mol. The van der Waals surface area contributed by atoms with Crippen molar-refractivity contribution in [3.8, 4) is 0 Å². The van der Waals surface area contributed by atoms with Crippen molar-refractivity contribution in [1.82, 2.24) is 0 Å². The molecule has 0 saturated heterocycles. The molecule has 0 saturated carbocycles. The number of hydrogen-bond donors (Lipinski definition) is 2. The second kappa shape index (κ2) is 0.711. The Morgan fingerprint density at radius 2 is 2.00 bits per heavy atom. The highest BCUT2D eigenvalue weighted by Gasteiger charge is 1.65. The van der Waals surface area contributed by atoms with E-state index in [1.54, 1.807) is 0 Å². The molecule has 0 aliphatic rings. The Bertz CT molecular complexity index is 29.0. The van der Waals surface area contributed by atoms with Crippen LogP contribution in [0.3, 0.4) is 0 Å². The molecule has 3 nitrogen and oxygen atoms in total. The van der Waals surface area contributed by atoms with Crippen molar-refractivity contribution in [3.05, 3.63) is 0 Å². The number of rotatable bonds is 0. The highest BCUT2D eigenvalue weighted by molar-refractivity contribution is 5.61. The Morgan fingerprint density at radius 3 is 2.00 bits per heavy atom. The quantitative estimate of drug-likeness (QED) is 0.376. The van der Waals surface area contributed by atoms with Gasteiger partial charge in [-0.25, -0.2) is 4.79 Å². The molecule has 0 aromatic heterocycles. The fourth-order valence-corrected chi connectivity index (χ4v) is 0. The molecule has 0 aromatic carbocycles. The lowest BCUT2D eigenvalue weighted by Gasteiger charge is -1.61. The van der Waals surface area contributed by atoms with Crippen LogP contribution in [0.15, 0.2) is 0 Å². The van der Waals surface area contributed by atoms with E-state index in [2.05, 4.69) is 5.73 Å². The van der Waals surface area contributed by atoms with E-state index in [0.29, 0.717) is 0 Å². The van der Waals surface area contributed by atoms with E-state index in [1.807, 2.05) is 0 Å². The Labute approximate surface area is 23.0 Å². The van der Waals surface area contributed by atoms with E-state index >= 15 is 0 Å². The summed E-state index contributed by atoms with van der Waals surface area (Å²) < 4.78 is 0. The van der Waals surface area contributed by atoms with Crippen LogP contribution in [0, 0.1) is 0 Å². The van der Waals surface area contributed by atoms with Crippen molar-refractivity contribution in [3.63, 3.8) is 0 Å². The molecule has 0 aliphatic heterocycles. The summed E-state index contributed by atoms with van der Waals surface area (Å²) in [6.45, 7) is 0. The molecule has 1 amide bonds. The van der Waals surface area contributed by atoms with Crippen LogP contribution in [0.4, 0.5) is 4.79 Å². The summed E-state index contributed by atoms with van der Waals surface area (Å²) in [7, 11) is 0. The lowest BCUT2D eigenvalue weighted by atomic mass is 12.1. The van der Waals surface area contributed by atoms with Crippen molar-refractivity contribution in [2.45, 2.75) is 0 Å². The van der Waals surface area contributed by atoms with Crippen molar-refractivity contribution in [2.24, 2.45) is 5.73 Å². The minimum Gasteiger partial charge on any atom is -0.465 e. The number of carbonyl (C=O) groups is 1. The second-order valence-corrected chi connectivity index (χ2v) is 0.338. The third-order valence-corrected chi connectivity index (χ3v) is 0. The highest BCUT2D eigenvalue weighted by Crippen LogP contribution is 1.34. The Kier molecular flexibility index (Phi) is 0.581. The Balaban J connectivity index is 2.80. The van der Waals surface area contributed by atoms with Gasteiger partial charge in [-0.1, -0.05) is 0 Å². The monoisotopic (exact) mass is 62.0 g/mol. The molecule has 0 unspecified atom stereocenters. The largest absolute Gasteiger partial charge is 0.465 e. The van der Waals surface area contributed by atoms with Crippen molar-refractivity contribution in [1.29, 1.82) is 0 Å². The van der Waals surface area contributed by atoms with Crippen molar-refractivity contribution in [2.75, 3.05) is 0 Å². The van der Waals surface area contributed by atoms with Crippen LogP contribution in [0.25, 0.3) is 0 Å². The molecule has 3 N–H and O–H groups in total. The first-order chi connectivity index (χ1) is 1.73. The first kappa shape index (κ1) is 3.27. The van der Waals surface area contributed by atoms with Gasteiger partial charge in [0.2, 0.25) is 0 Å². The summed E-state index contributed by atoms with van der Waals surface area (Å²) in [6, 6.07) is 0. The van der Waals surface area contributed by atoms with Gasteiger partial charge in [0.15, 0.2) is 0 Å². The molecular formula is CH3NO2. The first-order valence-electron chi connectivity index (χ1n) is 0.716. The van der Waals surface area contributed by atoms with Crippen LogP contribution < -0.4 is 5.73 Å². The molecule has 0 radical (unpaired) electrons. The standard InChI is InChI=1S/CH3NO2/c2-1(3)4/h2H2,(H,3,4)/i1+1. The third kappa shape index (κ3) is 0.174. The van der Waals surface area contributed by atoms with E-state index in [4.69, 9.17) is 9.90 Å². The van der Waals surface area contributed by atoms with E-state index in [1.165, 1.54) is 0 Å². The Morgan fingerprint density at radius 1 is 2.00 bits per heavy atom. The summed E-state index contributed by atoms with van der Waals surface area (Å²) in [6.07, 6.45) is -1.33. The van der Waals surface area contributed by atoms with Gasteiger partial charge in [-0.3, -0.25) is 0 Å². The fraction of sp³-hybridized carbons (Fsp3) is 0. The maximum atomic E-state index is 8.78. The van der Waals surface area contributed by atoms with Gasteiger partial charge in [-0.05, 0) is 0 Å². The maximum Gasteiger partial charge on any atom is 0.402 e. The van der Waals surface area contributed by atoms with Crippen LogP contribution in [-0.4, -0.2) is 11.2 Å². The van der Waals surface area contributed by atoms with Crippen molar-refractivity contribution >= 4 is 6.09 Å². The molecule has 3 heteroatoms. The summed E-state index contributed by atoms with van der Waals surface area (Å²) in [4.78, 5) is 8.78. The molecule has 0 heterocycles. The van der Waals surface area contributed by atoms with Gasteiger partial charge in [0.05, 0.1) is 0 Å². The van der Waals surface area contributed by atoms with Gasteiger partial charge < -0.3 is 10.8 Å².